The number of benzene rings is 2. The van der Waals surface area contributed by atoms with E-state index in [1.54, 1.807) is 7.11 Å². The van der Waals surface area contributed by atoms with Crippen molar-refractivity contribution >= 4 is 42.1 Å². The maximum Gasteiger partial charge on any atom is 0.238 e. The molecule has 144 valence electrons. The van der Waals surface area contributed by atoms with E-state index in [1.807, 2.05) is 49.5 Å². The van der Waals surface area contributed by atoms with Crippen LogP contribution in [0, 0.1) is 0 Å². The van der Waals surface area contributed by atoms with Gasteiger partial charge in [-0.1, -0.05) is 42.5 Å². The van der Waals surface area contributed by atoms with Crippen molar-refractivity contribution in [2.75, 3.05) is 44.1 Å². The zero-order valence-electron chi connectivity index (χ0n) is 15.1. The van der Waals surface area contributed by atoms with E-state index in [-0.39, 0.29) is 37.3 Å². The Hall–Kier alpha value is -1.79. The smallest absolute Gasteiger partial charge is 0.238 e. The van der Waals surface area contributed by atoms with Crippen LogP contribution in [0.3, 0.4) is 0 Å². The molecule has 0 aromatic heterocycles. The van der Waals surface area contributed by atoms with Crippen molar-refractivity contribution in [2.24, 2.45) is 0 Å². The molecule has 26 heavy (non-hydrogen) atoms. The molecular formula is C19H27Cl2N3O2. The van der Waals surface area contributed by atoms with Crippen LogP contribution < -0.4 is 15.5 Å². The molecule has 0 fully saturated rings. The quantitative estimate of drug-likeness (QED) is 0.634. The van der Waals surface area contributed by atoms with Crippen LogP contribution in [0.15, 0.2) is 54.6 Å². The Kier molecular flexibility index (Phi) is 12.5. The molecule has 2 aromatic rings. The number of nitrogens with zero attached hydrogens (tertiary/aromatic N) is 1. The third-order valence-corrected chi connectivity index (χ3v) is 3.62. The van der Waals surface area contributed by atoms with E-state index in [9.17, 15) is 4.79 Å². The molecule has 0 bridgehead atoms. The lowest BCUT2D eigenvalue weighted by molar-refractivity contribution is -0.115. The third kappa shape index (κ3) is 8.06. The number of ether oxygens (including phenoxy) is 1. The van der Waals surface area contributed by atoms with Gasteiger partial charge in [-0.25, -0.2) is 0 Å². The van der Waals surface area contributed by atoms with E-state index in [4.69, 9.17) is 4.74 Å². The predicted octanol–water partition coefficient (Wildman–Crippen LogP) is 3.34. The summed E-state index contributed by atoms with van der Waals surface area (Å²) in [7, 11) is 3.66. The zero-order chi connectivity index (χ0) is 17.2. The van der Waals surface area contributed by atoms with Crippen molar-refractivity contribution in [3.05, 3.63) is 60.2 Å². The molecule has 2 rings (SSSR count). The molecule has 0 spiro atoms. The van der Waals surface area contributed by atoms with Gasteiger partial charge in [-0.05, 0) is 17.7 Å². The summed E-state index contributed by atoms with van der Waals surface area (Å²) < 4.78 is 4.95. The molecule has 0 aliphatic carbocycles. The van der Waals surface area contributed by atoms with Crippen LogP contribution in [0.25, 0.3) is 0 Å². The lowest BCUT2D eigenvalue weighted by Gasteiger charge is -2.23. The van der Waals surface area contributed by atoms with Gasteiger partial charge in [0.05, 0.1) is 24.5 Å². The van der Waals surface area contributed by atoms with Crippen LogP contribution in [0.4, 0.5) is 11.4 Å². The van der Waals surface area contributed by atoms with Gasteiger partial charge in [0.1, 0.15) is 0 Å². The van der Waals surface area contributed by atoms with E-state index in [2.05, 4.69) is 27.7 Å². The van der Waals surface area contributed by atoms with Gasteiger partial charge in [0.25, 0.3) is 0 Å². The molecule has 1 amide bonds. The lowest BCUT2D eigenvalue weighted by atomic mass is 10.2. The first-order chi connectivity index (χ1) is 11.7. The van der Waals surface area contributed by atoms with Gasteiger partial charge in [0.15, 0.2) is 0 Å². The number of hydrogen-bond acceptors (Lipinski definition) is 4. The van der Waals surface area contributed by atoms with Crippen molar-refractivity contribution in [1.82, 2.24) is 5.32 Å². The number of carbonyl (C=O) groups excluding carboxylic acids is 1. The highest BCUT2D eigenvalue weighted by atomic mass is 35.5. The standard InChI is InChI=1S/C19H25N3O2.2ClH/c1-22(15-16-8-4-3-5-9-16)18-11-7-6-10-17(18)21-19(23)14-20-12-13-24-2;;/h3-11,20H,12-15H2,1-2H3,(H,21,23);2*1H. The number of methoxy groups -OCH3 is 1. The fourth-order valence-electron chi connectivity index (χ4n) is 2.43. The highest BCUT2D eigenvalue weighted by Gasteiger charge is 2.10. The van der Waals surface area contributed by atoms with Crippen molar-refractivity contribution < 1.29 is 9.53 Å². The monoisotopic (exact) mass is 399 g/mol. The maximum absolute atomic E-state index is 12.1. The Bertz CT molecular complexity index is 642. The molecule has 0 saturated heterocycles. The summed E-state index contributed by atoms with van der Waals surface area (Å²) >= 11 is 0. The van der Waals surface area contributed by atoms with Crippen LogP contribution in [0.2, 0.25) is 0 Å². The number of amides is 1. The molecule has 0 radical (unpaired) electrons. The molecule has 7 heteroatoms. The van der Waals surface area contributed by atoms with Crippen LogP contribution in [-0.2, 0) is 16.1 Å². The van der Waals surface area contributed by atoms with E-state index >= 15 is 0 Å². The molecule has 5 nitrogen and oxygen atoms in total. The van der Waals surface area contributed by atoms with Crippen LogP contribution in [-0.4, -0.2) is 39.8 Å². The predicted molar refractivity (Wildman–Crippen MR) is 113 cm³/mol. The van der Waals surface area contributed by atoms with Gasteiger partial charge >= 0.3 is 0 Å². The average Bonchev–Trinajstić information content (AvgIpc) is 2.60. The fraction of sp³-hybridized carbons (Fsp3) is 0.316. The first kappa shape index (κ1) is 24.2. The Morgan fingerprint density at radius 1 is 1.04 bits per heavy atom. The fourth-order valence-corrected chi connectivity index (χ4v) is 2.43. The van der Waals surface area contributed by atoms with Crippen molar-refractivity contribution in [2.45, 2.75) is 6.54 Å². The SMILES string of the molecule is COCCNCC(=O)Nc1ccccc1N(C)Cc1ccccc1.Cl.Cl. The Morgan fingerprint density at radius 3 is 2.38 bits per heavy atom. The number of rotatable bonds is 9. The van der Waals surface area contributed by atoms with Crippen LogP contribution in [0.1, 0.15) is 5.56 Å². The molecule has 0 aliphatic rings. The maximum atomic E-state index is 12.1. The molecular weight excluding hydrogens is 373 g/mol. The Labute approximate surface area is 167 Å². The normalized spacial score (nSPS) is 9.62. The van der Waals surface area contributed by atoms with Gasteiger partial charge in [0, 0.05) is 27.2 Å². The summed E-state index contributed by atoms with van der Waals surface area (Å²) in [4.78, 5) is 14.2. The lowest BCUT2D eigenvalue weighted by Crippen LogP contribution is -2.30. The molecule has 2 N–H and O–H groups in total. The van der Waals surface area contributed by atoms with Gasteiger partial charge in [-0.15, -0.1) is 24.8 Å². The van der Waals surface area contributed by atoms with Gasteiger partial charge in [-0.3, -0.25) is 4.79 Å². The van der Waals surface area contributed by atoms with Crippen molar-refractivity contribution in [1.29, 1.82) is 0 Å². The Morgan fingerprint density at radius 2 is 1.69 bits per heavy atom. The minimum absolute atomic E-state index is 0. The molecule has 0 heterocycles. The number of halogens is 2. The number of para-hydroxylation sites is 2. The topological polar surface area (TPSA) is 53.6 Å². The van der Waals surface area contributed by atoms with Crippen LogP contribution >= 0.6 is 24.8 Å². The van der Waals surface area contributed by atoms with Gasteiger partial charge in [0.2, 0.25) is 5.91 Å². The average molecular weight is 400 g/mol. The first-order valence-electron chi connectivity index (χ1n) is 8.04. The largest absolute Gasteiger partial charge is 0.383 e. The second kappa shape index (κ2) is 13.4. The van der Waals surface area contributed by atoms with Gasteiger partial charge in [-0.2, -0.15) is 0 Å². The van der Waals surface area contributed by atoms with Crippen molar-refractivity contribution in [3.63, 3.8) is 0 Å². The zero-order valence-corrected chi connectivity index (χ0v) is 16.7. The van der Waals surface area contributed by atoms with Gasteiger partial charge < -0.3 is 20.3 Å². The van der Waals surface area contributed by atoms with E-state index in [0.29, 0.717) is 13.2 Å². The molecule has 0 unspecified atom stereocenters. The summed E-state index contributed by atoms with van der Waals surface area (Å²) in [6, 6.07) is 18.1. The number of anilines is 2. The summed E-state index contributed by atoms with van der Waals surface area (Å²) in [5.74, 6) is -0.0633. The number of hydrogen-bond donors (Lipinski definition) is 2. The molecule has 0 saturated carbocycles. The molecule has 2 aromatic carbocycles. The summed E-state index contributed by atoms with van der Waals surface area (Å²) in [5, 5.41) is 6.01. The molecule has 0 aliphatic heterocycles. The minimum Gasteiger partial charge on any atom is -0.383 e. The highest BCUT2D eigenvalue weighted by Crippen LogP contribution is 2.25. The number of nitrogens with one attached hydrogen (secondary N) is 2. The molecule has 0 atom stereocenters. The Balaban J connectivity index is 0.00000312. The minimum atomic E-state index is -0.0633. The van der Waals surface area contributed by atoms with E-state index < -0.39 is 0 Å². The van der Waals surface area contributed by atoms with Crippen LogP contribution in [0.5, 0.6) is 0 Å². The second-order valence-corrected chi connectivity index (χ2v) is 5.58. The summed E-state index contributed by atoms with van der Waals surface area (Å²) in [5.41, 5.74) is 3.03. The number of carbonyl (C=O) groups is 1. The highest BCUT2D eigenvalue weighted by molar-refractivity contribution is 5.95. The third-order valence-electron chi connectivity index (χ3n) is 3.62. The first-order valence-corrected chi connectivity index (χ1v) is 8.04. The summed E-state index contributed by atoms with van der Waals surface area (Å²) in [6.07, 6.45) is 0. The summed E-state index contributed by atoms with van der Waals surface area (Å²) in [6.45, 7) is 2.28. The second-order valence-electron chi connectivity index (χ2n) is 5.58. The van der Waals surface area contributed by atoms with Crippen molar-refractivity contribution in [3.8, 4) is 0 Å². The van der Waals surface area contributed by atoms with E-state index in [1.165, 1.54) is 5.56 Å². The van der Waals surface area contributed by atoms with E-state index in [0.717, 1.165) is 17.9 Å².